The first-order chi connectivity index (χ1) is 8.84. The van der Waals surface area contributed by atoms with Crippen LogP contribution in [0.3, 0.4) is 0 Å². The van der Waals surface area contributed by atoms with Crippen molar-refractivity contribution in [3.05, 3.63) is 35.7 Å². The number of fused-ring (bicyclic) bond motifs is 1. The molecule has 2 heterocycles. The van der Waals surface area contributed by atoms with Gasteiger partial charge in [-0.2, -0.15) is 5.10 Å². The minimum absolute atomic E-state index is 0.260. The summed E-state index contributed by atoms with van der Waals surface area (Å²) in [7, 11) is 0. The summed E-state index contributed by atoms with van der Waals surface area (Å²) < 4.78 is 2.27. The fourth-order valence-electron chi connectivity index (χ4n) is 2.71. The highest BCUT2D eigenvalue weighted by Crippen LogP contribution is 2.30. The molecule has 0 radical (unpaired) electrons. The van der Waals surface area contributed by atoms with Crippen LogP contribution in [0.15, 0.2) is 18.6 Å². The Balaban J connectivity index is 1.63. The van der Waals surface area contributed by atoms with Crippen LogP contribution in [0.1, 0.15) is 42.4 Å². The van der Waals surface area contributed by atoms with Gasteiger partial charge in [0, 0.05) is 30.4 Å². The molecule has 1 unspecified atom stereocenters. The highest BCUT2D eigenvalue weighted by molar-refractivity contribution is 5.27. The number of rotatable bonds is 4. The molecule has 1 aliphatic rings. The average Bonchev–Trinajstić information content (AvgIpc) is 3.00. The van der Waals surface area contributed by atoms with Gasteiger partial charge in [0.05, 0.1) is 6.10 Å². The second-order valence-electron chi connectivity index (χ2n) is 4.85. The monoisotopic (exact) mass is 246 g/mol. The molecule has 2 aromatic rings. The van der Waals surface area contributed by atoms with Gasteiger partial charge in [-0.1, -0.05) is 0 Å². The third-order valence-electron chi connectivity index (χ3n) is 3.64. The molecule has 0 saturated heterocycles. The molecule has 2 N–H and O–H groups in total. The summed E-state index contributed by atoms with van der Waals surface area (Å²) in [6.45, 7) is 0.975. The zero-order valence-electron chi connectivity index (χ0n) is 10.3. The average molecular weight is 246 g/mol. The molecule has 3 rings (SSSR count). The van der Waals surface area contributed by atoms with E-state index in [-0.39, 0.29) is 6.10 Å². The first-order valence-corrected chi connectivity index (χ1v) is 6.55. The Morgan fingerprint density at radius 1 is 1.50 bits per heavy atom. The van der Waals surface area contributed by atoms with Crippen LogP contribution in [-0.4, -0.2) is 24.9 Å². The lowest BCUT2D eigenvalue weighted by molar-refractivity contribution is 0.155. The molecule has 0 fully saturated rings. The Bertz CT molecular complexity index is 503. The van der Waals surface area contributed by atoms with Crippen molar-refractivity contribution in [3.8, 4) is 0 Å². The second kappa shape index (κ2) is 4.94. The molecule has 2 aromatic heterocycles. The minimum atomic E-state index is -0.260. The molecule has 5 heteroatoms. The molecule has 18 heavy (non-hydrogen) atoms. The molecule has 96 valence electrons. The number of H-pyrrole nitrogens is 1. The molecule has 0 spiro atoms. The fraction of sp³-hybridized carbons (Fsp3) is 0.538. The van der Waals surface area contributed by atoms with E-state index >= 15 is 0 Å². The zero-order chi connectivity index (χ0) is 12.4. The van der Waals surface area contributed by atoms with E-state index in [0.29, 0.717) is 0 Å². The van der Waals surface area contributed by atoms with Gasteiger partial charge in [-0.05, 0) is 31.7 Å². The van der Waals surface area contributed by atoms with Crippen LogP contribution in [0.2, 0.25) is 0 Å². The van der Waals surface area contributed by atoms with Crippen LogP contribution in [0.5, 0.6) is 0 Å². The van der Waals surface area contributed by atoms with E-state index in [4.69, 9.17) is 0 Å². The smallest absolute Gasteiger partial charge is 0.137 e. The SMILES string of the molecule is OC1CCCc2c1ccn2CCCc1ncn[nH]1. The summed E-state index contributed by atoms with van der Waals surface area (Å²) in [5.41, 5.74) is 2.44. The summed E-state index contributed by atoms with van der Waals surface area (Å²) in [6.07, 6.45) is 8.39. The molecule has 0 aromatic carbocycles. The molecule has 0 amide bonds. The van der Waals surface area contributed by atoms with E-state index in [1.165, 1.54) is 5.69 Å². The van der Waals surface area contributed by atoms with E-state index in [9.17, 15) is 5.11 Å². The van der Waals surface area contributed by atoms with Crippen LogP contribution in [0, 0.1) is 0 Å². The largest absolute Gasteiger partial charge is 0.388 e. The Labute approximate surface area is 106 Å². The van der Waals surface area contributed by atoms with E-state index in [1.54, 1.807) is 6.33 Å². The lowest BCUT2D eigenvalue weighted by atomic mass is 9.95. The van der Waals surface area contributed by atoms with Crippen molar-refractivity contribution in [2.24, 2.45) is 0 Å². The van der Waals surface area contributed by atoms with Crippen LogP contribution >= 0.6 is 0 Å². The second-order valence-corrected chi connectivity index (χ2v) is 4.85. The van der Waals surface area contributed by atoms with Crippen LogP contribution in [0.4, 0.5) is 0 Å². The first-order valence-electron chi connectivity index (χ1n) is 6.55. The summed E-state index contributed by atoms with van der Waals surface area (Å²) in [5, 5.41) is 16.6. The number of nitrogens with one attached hydrogen (secondary N) is 1. The number of hydrogen-bond donors (Lipinski definition) is 2. The van der Waals surface area contributed by atoms with E-state index in [0.717, 1.165) is 50.0 Å². The topological polar surface area (TPSA) is 66.7 Å². The summed E-state index contributed by atoms with van der Waals surface area (Å²) in [5.74, 6) is 0.941. The van der Waals surface area contributed by atoms with Gasteiger partial charge in [-0.15, -0.1) is 0 Å². The predicted octanol–water partition coefficient (Wildman–Crippen LogP) is 1.61. The molecule has 0 saturated carbocycles. The molecule has 1 aliphatic carbocycles. The van der Waals surface area contributed by atoms with Crippen molar-refractivity contribution >= 4 is 0 Å². The number of aromatic amines is 1. The van der Waals surface area contributed by atoms with Crippen LogP contribution in [-0.2, 0) is 19.4 Å². The Morgan fingerprint density at radius 3 is 3.28 bits per heavy atom. The van der Waals surface area contributed by atoms with E-state index < -0.39 is 0 Å². The normalized spacial score (nSPS) is 18.8. The quantitative estimate of drug-likeness (QED) is 0.861. The van der Waals surface area contributed by atoms with Crippen LogP contribution < -0.4 is 0 Å². The fourth-order valence-corrected chi connectivity index (χ4v) is 2.71. The third kappa shape index (κ3) is 2.18. The van der Waals surface area contributed by atoms with Crippen molar-refractivity contribution < 1.29 is 5.11 Å². The minimum Gasteiger partial charge on any atom is -0.388 e. The highest BCUT2D eigenvalue weighted by atomic mass is 16.3. The van der Waals surface area contributed by atoms with Crippen LogP contribution in [0.25, 0.3) is 0 Å². The van der Waals surface area contributed by atoms with Gasteiger partial charge in [0.25, 0.3) is 0 Å². The number of nitrogens with zero attached hydrogens (tertiary/aromatic N) is 3. The first kappa shape index (κ1) is 11.5. The Morgan fingerprint density at radius 2 is 2.44 bits per heavy atom. The maximum Gasteiger partial charge on any atom is 0.137 e. The van der Waals surface area contributed by atoms with Gasteiger partial charge >= 0.3 is 0 Å². The number of hydrogen-bond acceptors (Lipinski definition) is 3. The summed E-state index contributed by atoms with van der Waals surface area (Å²) >= 11 is 0. The van der Waals surface area contributed by atoms with Crippen molar-refractivity contribution in [1.82, 2.24) is 19.7 Å². The lowest BCUT2D eigenvalue weighted by Gasteiger charge is -2.20. The number of aliphatic hydroxyl groups is 1. The van der Waals surface area contributed by atoms with E-state index in [1.807, 2.05) is 0 Å². The number of aromatic nitrogens is 4. The highest BCUT2D eigenvalue weighted by Gasteiger charge is 2.20. The number of aryl methyl sites for hydroxylation is 2. The standard InChI is InChI=1S/C13H18N4O/c18-12-4-1-3-11-10(12)6-8-17(11)7-2-5-13-14-9-15-16-13/h6,8-9,12,18H,1-5,7H2,(H,14,15,16). The number of aliphatic hydroxyl groups excluding tert-OH is 1. The summed E-state index contributed by atoms with van der Waals surface area (Å²) in [4.78, 5) is 4.12. The van der Waals surface area contributed by atoms with Gasteiger partial charge in [0.1, 0.15) is 12.2 Å². The van der Waals surface area contributed by atoms with Gasteiger partial charge in [-0.3, -0.25) is 5.10 Å². The molecular weight excluding hydrogens is 228 g/mol. The molecular formula is C13H18N4O. The molecule has 1 atom stereocenters. The van der Waals surface area contributed by atoms with Crippen molar-refractivity contribution in [2.75, 3.05) is 0 Å². The molecule has 5 nitrogen and oxygen atoms in total. The van der Waals surface area contributed by atoms with Crippen molar-refractivity contribution in [2.45, 2.75) is 44.8 Å². The lowest BCUT2D eigenvalue weighted by Crippen LogP contribution is -2.12. The van der Waals surface area contributed by atoms with Crippen molar-refractivity contribution in [3.63, 3.8) is 0 Å². The maximum absolute atomic E-state index is 9.91. The molecule has 0 bridgehead atoms. The predicted molar refractivity (Wildman–Crippen MR) is 67.0 cm³/mol. The van der Waals surface area contributed by atoms with E-state index in [2.05, 4.69) is 32.0 Å². The van der Waals surface area contributed by atoms with Gasteiger partial charge < -0.3 is 9.67 Å². The Hall–Kier alpha value is -1.62. The van der Waals surface area contributed by atoms with Gasteiger partial charge in [0.15, 0.2) is 0 Å². The maximum atomic E-state index is 9.91. The zero-order valence-corrected chi connectivity index (χ0v) is 10.3. The van der Waals surface area contributed by atoms with Gasteiger partial charge in [-0.25, -0.2) is 4.98 Å². The Kier molecular flexibility index (Phi) is 3.15. The third-order valence-corrected chi connectivity index (χ3v) is 3.64. The molecule has 0 aliphatic heterocycles. The van der Waals surface area contributed by atoms with Gasteiger partial charge in [0.2, 0.25) is 0 Å². The van der Waals surface area contributed by atoms with Crippen molar-refractivity contribution in [1.29, 1.82) is 0 Å². The summed E-state index contributed by atoms with van der Waals surface area (Å²) in [6, 6.07) is 2.06.